The van der Waals surface area contributed by atoms with Gasteiger partial charge in [0.1, 0.15) is 5.82 Å². The van der Waals surface area contributed by atoms with Gasteiger partial charge in [-0.15, -0.1) is 15.3 Å². The van der Waals surface area contributed by atoms with Crippen molar-refractivity contribution in [1.29, 1.82) is 0 Å². The zero-order valence-corrected chi connectivity index (χ0v) is 16.4. The van der Waals surface area contributed by atoms with Crippen LogP contribution in [0.2, 0.25) is 5.02 Å². The van der Waals surface area contributed by atoms with Crippen LogP contribution in [0.15, 0.2) is 36.4 Å². The molecule has 0 N–H and O–H groups in total. The standard InChI is InChI=1S/C20H21ClN6O/c1-13-22-23-18-6-7-19(24-27(13)18)25-9-15-11-26(12-16(15)10-25)20(28)8-14-2-4-17(21)5-3-14/h2-7,15-16H,8-12H2,1H3. The van der Waals surface area contributed by atoms with Gasteiger partial charge in [-0.2, -0.15) is 4.52 Å². The molecular formula is C20H21ClN6O. The molecule has 1 amide bonds. The van der Waals surface area contributed by atoms with E-state index in [4.69, 9.17) is 11.6 Å². The quantitative estimate of drug-likeness (QED) is 0.679. The maximum Gasteiger partial charge on any atom is 0.227 e. The van der Waals surface area contributed by atoms with E-state index in [9.17, 15) is 4.79 Å². The Kier molecular flexibility index (Phi) is 4.19. The molecule has 0 saturated carbocycles. The van der Waals surface area contributed by atoms with E-state index in [0.29, 0.717) is 23.3 Å². The second kappa shape index (κ2) is 6.74. The number of carbonyl (C=O) groups is 1. The first kappa shape index (κ1) is 17.4. The first-order valence-corrected chi connectivity index (χ1v) is 9.91. The summed E-state index contributed by atoms with van der Waals surface area (Å²) in [4.78, 5) is 17.0. The van der Waals surface area contributed by atoms with Crippen LogP contribution in [0.1, 0.15) is 11.4 Å². The van der Waals surface area contributed by atoms with Gasteiger partial charge < -0.3 is 9.80 Å². The van der Waals surface area contributed by atoms with Gasteiger partial charge in [0, 0.05) is 43.0 Å². The predicted molar refractivity (Wildman–Crippen MR) is 106 cm³/mol. The highest BCUT2D eigenvalue weighted by Gasteiger charge is 2.41. The van der Waals surface area contributed by atoms with Crippen LogP contribution >= 0.6 is 11.6 Å². The molecule has 0 spiro atoms. The Morgan fingerprint density at radius 1 is 1.04 bits per heavy atom. The topological polar surface area (TPSA) is 66.6 Å². The van der Waals surface area contributed by atoms with Crippen LogP contribution in [-0.4, -0.2) is 56.8 Å². The summed E-state index contributed by atoms with van der Waals surface area (Å²) in [5.41, 5.74) is 1.77. The van der Waals surface area contributed by atoms with Crippen LogP contribution in [0.3, 0.4) is 0 Å². The van der Waals surface area contributed by atoms with Crippen molar-refractivity contribution in [3.05, 3.63) is 52.8 Å². The van der Waals surface area contributed by atoms with Crippen LogP contribution in [0.25, 0.3) is 5.65 Å². The van der Waals surface area contributed by atoms with E-state index in [1.807, 2.05) is 48.2 Å². The van der Waals surface area contributed by atoms with Crippen molar-refractivity contribution in [3.63, 3.8) is 0 Å². The number of hydrogen-bond donors (Lipinski definition) is 0. The number of likely N-dealkylation sites (tertiary alicyclic amines) is 1. The monoisotopic (exact) mass is 396 g/mol. The molecule has 4 heterocycles. The zero-order chi connectivity index (χ0) is 19.3. The van der Waals surface area contributed by atoms with E-state index >= 15 is 0 Å². The summed E-state index contributed by atoms with van der Waals surface area (Å²) in [6, 6.07) is 11.5. The summed E-state index contributed by atoms with van der Waals surface area (Å²) in [5, 5.41) is 13.5. The number of hydrogen-bond acceptors (Lipinski definition) is 5. The second-order valence-electron chi connectivity index (χ2n) is 7.74. The van der Waals surface area contributed by atoms with Crippen molar-refractivity contribution >= 4 is 29.0 Å². The summed E-state index contributed by atoms with van der Waals surface area (Å²) in [7, 11) is 0. The van der Waals surface area contributed by atoms with Crippen LogP contribution < -0.4 is 4.90 Å². The lowest BCUT2D eigenvalue weighted by Crippen LogP contribution is -2.34. The van der Waals surface area contributed by atoms with Crippen molar-refractivity contribution in [2.75, 3.05) is 31.1 Å². The average Bonchev–Trinajstić information content (AvgIpc) is 3.37. The molecule has 28 heavy (non-hydrogen) atoms. The van der Waals surface area contributed by atoms with E-state index in [-0.39, 0.29) is 5.91 Å². The summed E-state index contributed by atoms with van der Waals surface area (Å²) in [6.07, 6.45) is 0.436. The van der Waals surface area contributed by atoms with Gasteiger partial charge >= 0.3 is 0 Å². The van der Waals surface area contributed by atoms with Crippen LogP contribution in [-0.2, 0) is 11.2 Å². The third kappa shape index (κ3) is 3.09. The lowest BCUT2D eigenvalue weighted by Gasteiger charge is -2.22. The molecule has 0 aliphatic carbocycles. The normalized spacial score (nSPS) is 21.5. The molecule has 1 aromatic carbocycles. The smallest absolute Gasteiger partial charge is 0.227 e. The molecule has 2 aliphatic rings. The summed E-state index contributed by atoms with van der Waals surface area (Å²) >= 11 is 5.92. The number of fused-ring (bicyclic) bond motifs is 2. The number of rotatable bonds is 3. The fraction of sp³-hybridized carbons (Fsp3) is 0.400. The summed E-state index contributed by atoms with van der Waals surface area (Å²) < 4.78 is 1.78. The number of nitrogens with zero attached hydrogens (tertiary/aromatic N) is 6. The minimum absolute atomic E-state index is 0.197. The molecule has 2 aromatic heterocycles. The molecule has 3 aromatic rings. The van der Waals surface area contributed by atoms with Crippen LogP contribution in [0.5, 0.6) is 0 Å². The Morgan fingerprint density at radius 2 is 1.75 bits per heavy atom. The molecule has 0 bridgehead atoms. The third-order valence-electron chi connectivity index (χ3n) is 5.84. The summed E-state index contributed by atoms with van der Waals surface area (Å²) in [6.45, 7) is 5.40. The Hall–Kier alpha value is -2.67. The van der Waals surface area contributed by atoms with Gasteiger partial charge in [-0.05, 0) is 36.8 Å². The van der Waals surface area contributed by atoms with E-state index in [2.05, 4.69) is 20.2 Å². The fourth-order valence-electron chi connectivity index (χ4n) is 4.33. The highest BCUT2D eigenvalue weighted by atomic mass is 35.5. The van der Waals surface area contributed by atoms with Crippen LogP contribution in [0.4, 0.5) is 5.82 Å². The summed E-state index contributed by atoms with van der Waals surface area (Å²) in [5.74, 6) is 2.92. The van der Waals surface area contributed by atoms with Crippen molar-refractivity contribution in [1.82, 2.24) is 24.7 Å². The SMILES string of the molecule is Cc1nnc2ccc(N3CC4CN(C(=O)Cc5ccc(Cl)cc5)CC4C3)nn12. The fourth-order valence-corrected chi connectivity index (χ4v) is 4.45. The number of amides is 1. The number of aromatic nitrogens is 4. The van der Waals surface area contributed by atoms with Gasteiger partial charge in [-0.1, -0.05) is 23.7 Å². The predicted octanol–water partition coefficient (Wildman–Crippen LogP) is 2.22. The molecule has 7 nitrogen and oxygen atoms in total. The Balaban J connectivity index is 1.23. The molecule has 0 radical (unpaired) electrons. The molecule has 2 aliphatic heterocycles. The second-order valence-corrected chi connectivity index (χ2v) is 8.17. The van der Waals surface area contributed by atoms with Crippen molar-refractivity contribution in [2.45, 2.75) is 13.3 Å². The van der Waals surface area contributed by atoms with Gasteiger partial charge in [0.2, 0.25) is 5.91 Å². The Morgan fingerprint density at radius 3 is 2.46 bits per heavy atom. The minimum atomic E-state index is 0.197. The average molecular weight is 397 g/mol. The van der Waals surface area contributed by atoms with Crippen molar-refractivity contribution in [3.8, 4) is 0 Å². The van der Waals surface area contributed by atoms with Crippen molar-refractivity contribution in [2.24, 2.45) is 11.8 Å². The van der Waals surface area contributed by atoms with E-state index < -0.39 is 0 Å². The molecule has 144 valence electrons. The zero-order valence-electron chi connectivity index (χ0n) is 15.6. The highest BCUT2D eigenvalue weighted by Crippen LogP contribution is 2.33. The maximum atomic E-state index is 12.7. The number of carbonyl (C=O) groups excluding carboxylic acids is 1. The molecule has 2 fully saturated rings. The molecular weight excluding hydrogens is 376 g/mol. The lowest BCUT2D eigenvalue weighted by molar-refractivity contribution is -0.129. The van der Waals surface area contributed by atoms with Gasteiger partial charge in [0.15, 0.2) is 11.5 Å². The lowest BCUT2D eigenvalue weighted by atomic mass is 10.0. The molecule has 8 heteroatoms. The Bertz CT molecular complexity index is 1020. The highest BCUT2D eigenvalue weighted by molar-refractivity contribution is 6.30. The van der Waals surface area contributed by atoms with Gasteiger partial charge in [0.05, 0.1) is 6.42 Å². The molecule has 2 saturated heterocycles. The van der Waals surface area contributed by atoms with Gasteiger partial charge in [-0.25, -0.2) is 0 Å². The number of aryl methyl sites for hydroxylation is 1. The van der Waals surface area contributed by atoms with E-state index in [1.165, 1.54) is 0 Å². The molecule has 5 rings (SSSR count). The third-order valence-corrected chi connectivity index (χ3v) is 6.09. The van der Waals surface area contributed by atoms with Gasteiger partial charge in [-0.3, -0.25) is 4.79 Å². The largest absolute Gasteiger partial charge is 0.354 e. The van der Waals surface area contributed by atoms with Crippen LogP contribution in [0, 0.1) is 18.8 Å². The number of halogens is 1. The first-order valence-electron chi connectivity index (χ1n) is 9.53. The minimum Gasteiger partial charge on any atom is -0.354 e. The number of anilines is 1. The Labute approximate surface area is 167 Å². The van der Waals surface area contributed by atoms with E-state index in [1.54, 1.807) is 4.52 Å². The van der Waals surface area contributed by atoms with Crippen molar-refractivity contribution < 1.29 is 4.79 Å². The maximum absolute atomic E-state index is 12.7. The molecule has 2 atom stereocenters. The van der Waals surface area contributed by atoms with Gasteiger partial charge in [0.25, 0.3) is 0 Å². The number of benzene rings is 1. The van der Waals surface area contributed by atoms with E-state index in [0.717, 1.165) is 49.0 Å². The molecule has 2 unspecified atom stereocenters. The first-order chi connectivity index (χ1) is 13.6.